The molecule has 0 unspecified atom stereocenters. The first kappa shape index (κ1) is 23.5. The van der Waals surface area contributed by atoms with Gasteiger partial charge in [0.05, 0.1) is 0 Å². The molecule has 0 bridgehead atoms. The minimum Gasteiger partial charge on any atom is -2.00 e. The molecule has 0 aromatic rings. The molecule has 0 amide bonds. The van der Waals surface area contributed by atoms with E-state index in [4.69, 9.17) is 0 Å². The molecule has 0 heterocycles. The molecule has 0 aliphatic rings. The van der Waals surface area contributed by atoms with Crippen molar-refractivity contribution in [2.24, 2.45) is 0 Å². The van der Waals surface area contributed by atoms with E-state index in [0.717, 1.165) is 0 Å². The van der Waals surface area contributed by atoms with Crippen LogP contribution in [0.5, 0.6) is 0 Å². The van der Waals surface area contributed by atoms with Crippen LogP contribution in [0.4, 0.5) is 0 Å². The smallest absolute Gasteiger partial charge is 2.00 e. The summed E-state index contributed by atoms with van der Waals surface area (Å²) >= 11 is 1.72. The average molecular weight is 233 g/mol. The molecule has 0 fully saturated rings. The Morgan fingerprint density at radius 1 is 1.00 bits per heavy atom. The number of hydrogen-bond donors (Lipinski definition) is 0. The number of rotatable bonds is 0. The Hall–Kier alpha value is 0.582. The van der Waals surface area contributed by atoms with E-state index in [2.05, 4.69) is 5.40 Å². The van der Waals surface area contributed by atoms with Gasteiger partial charge >= 0.3 is 24.6 Å². The molecule has 2 nitrogen and oxygen atoms in total. The Labute approximate surface area is 36.2 Å². The van der Waals surface area contributed by atoms with Crippen LogP contribution < -0.4 is 0 Å². The Morgan fingerprint density at radius 2 is 1.00 bits per heavy atom. The Kier molecular flexibility index (Phi) is 414. The standard InChI is InChI=1S/CH3.2O.Re/h1H3;;;/q;2*-2;+4. The summed E-state index contributed by atoms with van der Waals surface area (Å²) in [5.74, 6) is 0. The zero-order valence-corrected chi connectivity index (χ0v) is 4.91. The molecule has 3 heteroatoms. The molecule has 26 valence electrons. The largest absolute Gasteiger partial charge is 2.00 e. The summed E-state index contributed by atoms with van der Waals surface area (Å²) in [6, 6.07) is 0. The Bertz CT molecular complexity index is 6.00. The zero-order chi connectivity index (χ0) is 2.00. The molecule has 0 saturated carbocycles. The maximum Gasteiger partial charge on any atom is -2.00 e. The molecule has 0 aromatic carbocycles. The van der Waals surface area contributed by atoms with Gasteiger partial charge in [0.2, 0.25) is 0 Å². The quantitative estimate of drug-likeness (QED) is 0.579. The van der Waals surface area contributed by atoms with Gasteiger partial charge in [0.1, 0.15) is 0 Å². The molecule has 0 radical (unpaired) electrons. The SMILES string of the molecule is [CH3][Re+4].[O-2].[O-2]. The van der Waals surface area contributed by atoms with E-state index in [1.54, 1.807) is 19.2 Å². The van der Waals surface area contributed by atoms with Crippen molar-refractivity contribution in [3.8, 4) is 0 Å². The van der Waals surface area contributed by atoms with Gasteiger partial charge in [-0.15, -0.1) is 0 Å². The first-order chi connectivity index (χ1) is 1.00. The maximum absolute atomic E-state index is 2.06. The molecular weight excluding hydrogens is 230 g/mol. The summed E-state index contributed by atoms with van der Waals surface area (Å²) in [5, 5.41) is 2.06. The third kappa shape index (κ3) is 19.1. The van der Waals surface area contributed by atoms with Gasteiger partial charge in [-0.05, 0) is 0 Å². The fourth-order valence-corrected chi connectivity index (χ4v) is 0. The van der Waals surface area contributed by atoms with E-state index in [1.165, 1.54) is 0 Å². The predicted molar refractivity (Wildman–Crippen MR) is 7.24 cm³/mol. The van der Waals surface area contributed by atoms with Crippen LogP contribution in [0, 0.1) is 0 Å². The number of hydrogen-bond acceptors (Lipinski definition) is 0. The van der Waals surface area contributed by atoms with Gasteiger partial charge in [-0.2, -0.15) is 0 Å². The zero-order valence-electron chi connectivity index (χ0n) is 2.19. The van der Waals surface area contributed by atoms with E-state index >= 15 is 0 Å². The summed E-state index contributed by atoms with van der Waals surface area (Å²) in [6.45, 7) is 0. The van der Waals surface area contributed by atoms with E-state index in [1.807, 2.05) is 0 Å². The average Bonchev–Trinajstić information content (AvgIpc) is 1.00. The summed E-state index contributed by atoms with van der Waals surface area (Å²) in [4.78, 5) is 0. The molecule has 4 heavy (non-hydrogen) atoms. The van der Waals surface area contributed by atoms with Crippen LogP contribution in [0.1, 0.15) is 0 Å². The first-order valence-electron chi connectivity index (χ1n) is 0.378. The van der Waals surface area contributed by atoms with Crippen LogP contribution in [0.15, 0.2) is 0 Å². The third-order valence-electron chi connectivity index (χ3n) is 0. The van der Waals surface area contributed by atoms with Crippen molar-refractivity contribution in [1.29, 1.82) is 0 Å². The fourth-order valence-electron chi connectivity index (χ4n) is 0. The molecule has 0 aromatic heterocycles. The van der Waals surface area contributed by atoms with Gasteiger partial charge in [-0.1, -0.05) is 0 Å². The molecule has 0 aliphatic heterocycles. The minimum atomic E-state index is 0. The van der Waals surface area contributed by atoms with E-state index in [0.29, 0.717) is 0 Å². The summed E-state index contributed by atoms with van der Waals surface area (Å²) in [6.07, 6.45) is 0. The molecule has 0 atom stereocenters. The van der Waals surface area contributed by atoms with Gasteiger partial charge in [-0.25, -0.2) is 0 Å². The summed E-state index contributed by atoms with van der Waals surface area (Å²) < 4.78 is 0. The van der Waals surface area contributed by atoms with Crippen molar-refractivity contribution in [2.75, 3.05) is 0 Å². The fraction of sp³-hybridized carbons (Fsp3) is 1.00. The van der Waals surface area contributed by atoms with Gasteiger partial charge in [0.25, 0.3) is 0 Å². The second-order valence-electron chi connectivity index (χ2n) is 0. The van der Waals surface area contributed by atoms with Crippen LogP contribution in [0.25, 0.3) is 0 Å². The van der Waals surface area contributed by atoms with Crippen molar-refractivity contribution < 1.29 is 30.2 Å². The van der Waals surface area contributed by atoms with Gasteiger partial charge in [-0.3, -0.25) is 0 Å². The van der Waals surface area contributed by atoms with Crippen LogP contribution in [0.2, 0.25) is 5.40 Å². The van der Waals surface area contributed by atoms with Crippen molar-refractivity contribution >= 4 is 0 Å². The van der Waals surface area contributed by atoms with Crippen molar-refractivity contribution in [1.82, 2.24) is 0 Å². The van der Waals surface area contributed by atoms with Crippen LogP contribution >= 0.6 is 0 Å². The van der Waals surface area contributed by atoms with Crippen LogP contribution in [-0.4, -0.2) is 0 Å². The van der Waals surface area contributed by atoms with Crippen molar-refractivity contribution in [3.05, 3.63) is 0 Å². The molecule has 0 spiro atoms. The van der Waals surface area contributed by atoms with E-state index in [9.17, 15) is 0 Å². The second kappa shape index (κ2) is 70.4. The Balaban J connectivity index is -0.00000000500. The predicted octanol–water partition coefficient (Wildman–Crippen LogP) is 0.344. The topological polar surface area (TPSA) is 57.0 Å². The summed E-state index contributed by atoms with van der Waals surface area (Å²) in [7, 11) is 0. The van der Waals surface area contributed by atoms with E-state index < -0.39 is 0 Å². The maximum atomic E-state index is 2.06. The molecule has 0 rings (SSSR count). The molecule has 0 aliphatic carbocycles. The summed E-state index contributed by atoms with van der Waals surface area (Å²) in [5.41, 5.74) is 0. The molecule has 0 N–H and O–H groups in total. The van der Waals surface area contributed by atoms with Crippen LogP contribution in [0.3, 0.4) is 0 Å². The molecule has 0 saturated heterocycles. The third-order valence-corrected chi connectivity index (χ3v) is 0. The first-order valence-corrected chi connectivity index (χ1v) is 3.09. The van der Waals surface area contributed by atoms with Gasteiger partial charge in [0, 0.05) is 0 Å². The minimum absolute atomic E-state index is 0. The Morgan fingerprint density at radius 3 is 1.00 bits per heavy atom. The molecular formula is CH3O2Re. The monoisotopic (exact) mass is 234 g/mol. The van der Waals surface area contributed by atoms with Gasteiger partial charge < -0.3 is 11.0 Å². The van der Waals surface area contributed by atoms with Gasteiger partial charge in [0.15, 0.2) is 0 Å². The normalized spacial score (nSPS) is 1.00. The second-order valence-corrected chi connectivity index (χ2v) is 0. The van der Waals surface area contributed by atoms with E-state index in [-0.39, 0.29) is 11.0 Å². The van der Waals surface area contributed by atoms with Crippen molar-refractivity contribution in [2.45, 2.75) is 5.40 Å². The van der Waals surface area contributed by atoms with Crippen molar-refractivity contribution in [3.63, 3.8) is 0 Å². The van der Waals surface area contributed by atoms with Crippen LogP contribution in [-0.2, 0) is 30.2 Å².